The molecule has 0 bridgehead atoms. The third-order valence-electron chi connectivity index (χ3n) is 6.01. The molecule has 8 heteroatoms. The number of pyridine rings is 1. The highest BCUT2D eigenvalue weighted by molar-refractivity contribution is 5.98. The van der Waals surface area contributed by atoms with Crippen molar-refractivity contribution in [3.63, 3.8) is 0 Å². The van der Waals surface area contributed by atoms with Gasteiger partial charge in [0.2, 0.25) is 5.91 Å². The topological polar surface area (TPSA) is 81.3 Å². The fraction of sp³-hybridized carbons (Fsp3) is 0.409. The van der Waals surface area contributed by atoms with Crippen LogP contribution in [0.3, 0.4) is 0 Å². The molecule has 2 aromatic rings. The van der Waals surface area contributed by atoms with Gasteiger partial charge in [-0.05, 0) is 39.1 Å². The minimum atomic E-state index is -0.435. The van der Waals surface area contributed by atoms with Crippen molar-refractivity contribution in [3.05, 3.63) is 53.8 Å². The van der Waals surface area contributed by atoms with Crippen LogP contribution < -0.4 is 5.32 Å². The highest BCUT2D eigenvalue weighted by atomic mass is 19.1. The summed E-state index contributed by atoms with van der Waals surface area (Å²) in [6, 6.07) is 3.31. The Morgan fingerprint density at radius 1 is 1.33 bits per heavy atom. The third kappa shape index (κ3) is 3.75. The lowest BCUT2D eigenvalue weighted by atomic mass is 9.72. The monoisotopic (exact) mass is 411 g/mol. The van der Waals surface area contributed by atoms with Crippen LogP contribution in [0.5, 0.6) is 0 Å². The second kappa shape index (κ2) is 8.02. The van der Waals surface area contributed by atoms with Crippen molar-refractivity contribution in [1.29, 1.82) is 0 Å². The van der Waals surface area contributed by atoms with E-state index in [4.69, 9.17) is 0 Å². The summed E-state index contributed by atoms with van der Waals surface area (Å²) in [6.07, 6.45) is 7.65. The van der Waals surface area contributed by atoms with E-state index in [0.29, 0.717) is 36.5 Å². The van der Waals surface area contributed by atoms with Crippen LogP contribution in [0.2, 0.25) is 0 Å². The van der Waals surface area contributed by atoms with Gasteiger partial charge in [0.15, 0.2) is 5.82 Å². The number of likely N-dealkylation sites (N-methyl/N-ethyl adjacent to an activating group) is 1. The van der Waals surface area contributed by atoms with Crippen LogP contribution in [0.1, 0.15) is 28.9 Å². The minimum absolute atomic E-state index is 0.0119. The summed E-state index contributed by atoms with van der Waals surface area (Å²) in [4.78, 5) is 35.9. The van der Waals surface area contributed by atoms with E-state index in [2.05, 4.69) is 15.3 Å². The van der Waals surface area contributed by atoms with Crippen LogP contribution >= 0.6 is 0 Å². The molecule has 2 aromatic heterocycles. The maximum absolute atomic E-state index is 14.2. The lowest BCUT2D eigenvalue weighted by Crippen LogP contribution is -2.53. The minimum Gasteiger partial charge on any atom is -0.357 e. The molecule has 4 heterocycles. The van der Waals surface area contributed by atoms with Crippen molar-refractivity contribution in [3.8, 4) is 11.3 Å². The number of hydrogen-bond donors (Lipinski definition) is 2. The number of amides is 2. The van der Waals surface area contributed by atoms with E-state index in [1.54, 1.807) is 18.2 Å². The first kappa shape index (κ1) is 20.3. The van der Waals surface area contributed by atoms with Crippen molar-refractivity contribution in [2.45, 2.75) is 18.3 Å². The molecule has 1 fully saturated rings. The van der Waals surface area contributed by atoms with Gasteiger partial charge < -0.3 is 20.1 Å². The van der Waals surface area contributed by atoms with Gasteiger partial charge in [-0.25, -0.2) is 4.39 Å². The number of likely N-dealkylation sites (tertiary alicyclic amines) is 1. The number of fused-ring (bicyclic) bond motifs is 2. The molecule has 7 nitrogen and oxygen atoms in total. The lowest BCUT2D eigenvalue weighted by Gasteiger charge is -2.43. The van der Waals surface area contributed by atoms with Crippen molar-refractivity contribution < 1.29 is 14.0 Å². The lowest BCUT2D eigenvalue weighted by molar-refractivity contribution is -0.127. The first-order chi connectivity index (χ1) is 14.4. The summed E-state index contributed by atoms with van der Waals surface area (Å²) < 4.78 is 14.2. The number of H-pyrrole nitrogens is 1. The van der Waals surface area contributed by atoms with E-state index < -0.39 is 5.82 Å². The van der Waals surface area contributed by atoms with Crippen molar-refractivity contribution >= 4 is 11.8 Å². The van der Waals surface area contributed by atoms with Gasteiger partial charge in [-0.3, -0.25) is 14.6 Å². The van der Waals surface area contributed by atoms with Crippen molar-refractivity contribution in [2.75, 3.05) is 40.3 Å². The molecule has 0 saturated carbocycles. The van der Waals surface area contributed by atoms with Gasteiger partial charge in [-0.2, -0.15) is 0 Å². The van der Waals surface area contributed by atoms with Crippen LogP contribution in [0.4, 0.5) is 4.39 Å². The molecule has 2 N–H and O–H groups in total. The van der Waals surface area contributed by atoms with Gasteiger partial charge in [-0.1, -0.05) is 6.08 Å². The second-order valence-corrected chi connectivity index (χ2v) is 8.28. The molecular weight excluding hydrogens is 385 g/mol. The van der Waals surface area contributed by atoms with E-state index in [1.807, 2.05) is 30.0 Å². The maximum atomic E-state index is 14.2. The Kier molecular flexibility index (Phi) is 5.42. The van der Waals surface area contributed by atoms with Crippen LogP contribution in [0.15, 0.2) is 36.7 Å². The van der Waals surface area contributed by atoms with Gasteiger partial charge in [0.25, 0.3) is 5.91 Å². The Labute approximate surface area is 175 Å². The molecule has 30 heavy (non-hydrogen) atoms. The highest BCUT2D eigenvalue weighted by Gasteiger charge is 2.44. The van der Waals surface area contributed by atoms with E-state index in [0.717, 1.165) is 25.1 Å². The largest absolute Gasteiger partial charge is 0.357 e. The Balaban J connectivity index is 1.55. The Morgan fingerprint density at radius 3 is 2.80 bits per heavy atom. The SMILES string of the molecule is CN(C)CC=CC(=O)N1CCC2(CC1)CNC(=O)c1cc(-c3ccncc3F)[nH]c12. The number of aromatic nitrogens is 2. The fourth-order valence-corrected chi connectivity index (χ4v) is 4.28. The van der Waals surface area contributed by atoms with Gasteiger partial charge in [0.05, 0.1) is 11.8 Å². The van der Waals surface area contributed by atoms with E-state index in [1.165, 1.54) is 12.4 Å². The van der Waals surface area contributed by atoms with Crippen molar-refractivity contribution in [2.24, 2.45) is 0 Å². The molecule has 0 radical (unpaired) electrons. The average Bonchev–Trinajstić information content (AvgIpc) is 3.18. The molecular formula is C22H26FN5O2. The Bertz CT molecular complexity index is 989. The first-order valence-corrected chi connectivity index (χ1v) is 10.1. The summed E-state index contributed by atoms with van der Waals surface area (Å²) in [5, 5.41) is 2.98. The molecule has 0 atom stereocenters. The molecule has 2 aliphatic heterocycles. The van der Waals surface area contributed by atoms with E-state index >= 15 is 0 Å². The Hall–Kier alpha value is -3.00. The number of piperidine rings is 1. The quantitative estimate of drug-likeness (QED) is 0.754. The number of aromatic amines is 1. The summed E-state index contributed by atoms with van der Waals surface area (Å²) >= 11 is 0. The molecule has 4 rings (SSSR count). The zero-order chi connectivity index (χ0) is 21.3. The zero-order valence-electron chi connectivity index (χ0n) is 17.2. The van der Waals surface area contributed by atoms with E-state index in [9.17, 15) is 14.0 Å². The molecule has 1 saturated heterocycles. The number of nitrogens with zero attached hydrogens (tertiary/aromatic N) is 3. The number of halogens is 1. The zero-order valence-corrected chi connectivity index (χ0v) is 17.2. The molecule has 1 spiro atoms. The summed E-state index contributed by atoms with van der Waals surface area (Å²) in [6.45, 7) is 2.45. The van der Waals surface area contributed by atoms with Gasteiger partial charge in [-0.15, -0.1) is 0 Å². The van der Waals surface area contributed by atoms with Crippen LogP contribution in [0, 0.1) is 5.82 Å². The van der Waals surface area contributed by atoms with Gasteiger partial charge >= 0.3 is 0 Å². The number of hydrogen-bond acceptors (Lipinski definition) is 4. The predicted molar refractivity (Wildman–Crippen MR) is 112 cm³/mol. The summed E-state index contributed by atoms with van der Waals surface area (Å²) in [5.41, 5.74) is 2.07. The van der Waals surface area contributed by atoms with Gasteiger partial charge in [0.1, 0.15) is 0 Å². The molecule has 158 valence electrons. The number of nitrogens with one attached hydrogen (secondary N) is 2. The standard InChI is InChI=1S/C22H26FN5O2/c1-27(2)9-3-4-19(29)28-10-6-22(7-11-28)14-25-21(30)16-12-18(26-20(16)22)15-5-8-24-13-17(15)23/h3-5,8,12-13,26H,6-7,9-11,14H2,1-2H3,(H,25,30). The third-order valence-corrected chi connectivity index (χ3v) is 6.01. The second-order valence-electron chi connectivity index (χ2n) is 8.28. The van der Waals surface area contributed by atoms with Crippen LogP contribution in [-0.2, 0) is 10.2 Å². The van der Waals surface area contributed by atoms with Crippen molar-refractivity contribution in [1.82, 2.24) is 25.1 Å². The fourth-order valence-electron chi connectivity index (χ4n) is 4.28. The van der Waals surface area contributed by atoms with Crippen LogP contribution in [0.25, 0.3) is 11.3 Å². The molecule has 2 amide bonds. The van der Waals surface area contributed by atoms with E-state index in [-0.39, 0.29) is 17.2 Å². The molecule has 2 aliphatic rings. The number of rotatable bonds is 4. The molecule has 0 aromatic carbocycles. The smallest absolute Gasteiger partial charge is 0.253 e. The molecule has 0 aliphatic carbocycles. The maximum Gasteiger partial charge on any atom is 0.253 e. The number of carbonyl (C=O) groups is 2. The van der Waals surface area contributed by atoms with Crippen LogP contribution in [-0.4, -0.2) is 71.9 Å². The van der Waals surface area contributed by atoms with Gasteiger partial charge in [0, 0.05) is 60.8 Å². The normalized spacial score (nSPS) is 18.1. The first-order valence-electron chi connectivity index (χ1n) is 10.1. The molecule has 0 unspecified atom stereocenters. The summed E-state index contributed by atoms with van der Waals surface area (Å²) in [5.74, 6) is -0.578. The number of carbonyl (C=O) groups excluding carboxylic acids is 2. The average molecular weight is 411 g/mol. The summed E-state index contributed by atoms with van der Waals surface area (Å²) in [7, 11) is 3.91. The predicted octanol–water partition coefficient (Wildman–Crippen LogP) is 1.94. The Morgan fingerprint density at radius 2 is 2.10 bits per heavy atom. The highest BCUT2D eigenvalue weighted by Crippen LogP contribution is 2.40.